The third-order valence-corrected chi connectivity index (χ3v) is 4.83. The minimum atomic E-state index is -0.727. The van der Waals surface area contributed by atoms with E-state index in [1.165, 1.54) is 18.4 Å². The van der Waals surface area contributed by atoms with Gasteiger partial charge in [0.05, 0.1) is 19.9 Å². The smallest absolute Gasteiger partial charge is 0.298 e. The quantitative estimate of drug-likeness (QED) is 0.516. The summed E-state index contributed by atoms with van der Waals surface area (Å²) < 4.78 is 10.2. The molecule has 3 rings (SSSR count). The van der Waals surface area contributed by atoms with Crippen LogP contribution in [0.5, 0.6) is 11.5 Å². The second-order valence-electron chi connectivity index (χ2n) is 5.66. The Morgan fingerprint density at radius 1 is 0.926 bits per heavy atom. The molecule has 27 heavy (non-hydrogen) atoms. The fourth-order valence-corrected chi connectivity index (χ4v) is 3.32. The fraction of sp³-hybridized carbons (Fsp3) is 0.150. The van der Waals surface area contributed by atoms with Crippen molar-refractivity contribution in [3.8, 4) is 22.8 Å². The highest BCUT2D eigenvalue weighted by atomic mass is 32.1. The van der Waals surface area contributed by atoms with Crippen LogP contribution < -0.4 is 14.8 Å². The average Bonchev–Trinajstić information content (AvgIpc) is 3.07. The van der Waals surface area contributed by atoms with Gasteiger partial charge < -0.3 is 9.47 Å². The molecule has 1 N–H and O–H groups in total. The number of thiazole rings is 1. The second-order valence-corrected chi connectivity index (χ2v) is 6.87. The number of hydrogen-bond acceptors (Lipinski definition) is 6. The van der Waals surface area contributed by atoms with Gasteiger partial charge >= 0.3 is 0 Å². The van der Waals surface area contributed by atoms with Crippen molar-refractivity contribution in [1.29, 1.82) is 0 Å². The maximum atomic E-state index is 12.3. The molecule has 2 aromatic carbocycles. The number of aromatic nitrogens is 1. The molecule has 0 aliphatic heterocycles. The van der Waals surface area contributed by atoms with E-state index in [2.05, 4.69) is 10.3 Å². The SMILES string of the molecule is COc1ccc(C(=O)C(=O)Nc2nc(-c3ccc(OC)cc3)c(C)s2)cc1. The summed E-state index contributed by atoms with van der Waals surface area (Å²) in [5.74, 6) is 0.0172. The molecule has 1 aromatic heterocycles. The number of rotatable bonds is 6. The van der Waals surface area contributed by atoms with Crippen LogP contribution in [0.3, 0.4) is 0 Å². The lowest BCUT2D eigenvalue weighted by molar-refractivity contribution is -0.112. The lowest BCUT2D eigenvalue weighted by Crippen LogP contribution is -2.22. The Balaban J connectivity index is 1.75. The molecular weight excluding hydrogens is 364 g/mol. The van der Waals surface area contributed by atoms with Crippen molar-refractivity contribution in [3.05, 3.63) is 59.0 Å². The summed E-state index contributed by atoms with van der Waals surface area (Å²) in [7, 11) is 3.14. The molecule has 0 fully saturated rings. The van der Waals surface area contributed by atoms with Crippen LogP contribution in [0.15, 0.2) is 48.5 Å². The van der Waals surface area contributed by atoms with E-state index in [0.29, 0.717) is 10.9 Å². The predicted octanol–water partition coefficient (Wildman–Crippen LogP) is 3.96. The number of carbonyl (C=O) groups is 2. The van der Waals surface area contributed by atoms with Gasteiger partial charge in [0, 0.05) is 16.0 Å². The van der Waals surface area contributed by atoms with Crippen LogP contribution in [0.2, 0.25) is 0 Å². The topological polar surface area (TPSA) is 77.5 Å². The number of anilines is 1. The van der Waals surface area contributed by atoms with Gasteiger partial charge in [-0.05, 0) is 55.5 Å². The molecule has 138 valence electrons. The van der Waals surface area contributed by atoms with E-state index in [9.17, 15) is 9.59 Å². The minimum absolute atomic E-state index is 0.289. The molecule has 0 aliphatic carbocycles. The predicted molar refractivity (Wildman–Crippen MR) is 105 cm³/mol. The summed E-state index contributed by atoms with van der Waals surface area (Å²) >= 11 is 1.32. The molecule has 0 radical (unpaired) electrons. The van der Waals surface area contributed by atoms with Gasteiger partial charge in [-0.1, -0.05) is 0 Å². The van der Waals surface area contributed by atoms with Crippen LogP contribution in [0.1, 0.15) is 15.2 Å². The Hall–Kier alpha value is -3.19. The van der Waals surface area contributed by atoms with Gasteiger partial charge in [-0.25, -0.2) is 4.98 Å². The number of ketones is 1. The van der Waals surface area contributed by atoms with Crippen molar-refractivity contribution in [2.24, 2.45) is 0 Å². The summed E-state index contributed by atoms with van der Waals surface area (Å²) in [5, 5.41) is 2.97. The van der Waals surface area contributed by atoms with Gasteiger partial charge in [0.1, 0.15) is 11.5 Å². The van der Waals surface area contributed by atoms with Gasteiger partial charge in [0.15, 0.2) is 5.13 Å². The third-order valence-electron chi connectivity index (χ3n) is 3.94. The van der Waals surface area contributed by atoms with Crippen molar-refractivity contribution in [1.82, 2.24) is 4.98 Å². The maximum absolute atomic E-state index is 12.3. The Bertz CT molecular complexity index is 963. The molecule has 1 amide bonds. The van der Waals surface area contributed by atoms with Gasteiger partial charge in [-0.15, -0.1) is 11.3 Å². The number of ether oxygens (including phenoxy) is 2. The van der Waals surface area contributed by atoms with Crippen molar-refractivity contribution < 1.29 is 19.1 Å². The van der Waals surface area contributed by atoms with E-state index in [1.54, 1.807) is 31.4 Å². The standard InChI is InChI=1S/C20H18N2O4S/c1-12-17(13-4-8-15(25-2)9-5-13)21-20(27-12)22-19(24)18(23)14-6-10-16(26-3)11-7-14/h4-11H,1-3H3,(H,21,22,24). The van der Waals surface area contributed by atoms with Crippen molar-refractivity contribution >= 4 is 28.2 Å². The first-order chi connectivity index (χ1) is 13.0. The van der Waals surface area contributed by atoms with E-state index in [-0.39, 0.29) is 5.56 Å². The van der Waals surface area contributed by atoms with E-state index in [1.807, 2.05) is 31.2 Å². The average molecular weight is 382 g/mol. The summed E-state index contributed by atoms with van der Waals surface area (Å²) in [5.41, 5.74) is 1.96. The molecule has 0 bridgehead atoms. The Morgan fingerprint density at radius 3 is 2.04 bits per heavy atom. The number of methoxy groups -OCH3 is 2. The Morgan fingerprint density at radius 2 is 1.48 bits per heavy atom. The summed E-state index contributed by atoms with van der Waals surface area (Å²) in [6.07, 6.45) is 0. The largest absolute Gasteiger partial charge is 0.497 e. The summed E-state index contributed by atoms with van der Waals surface area (Å²) in [4.78, 5) is 29.9. The maximum Gasteiger partial charge on any atom is 0.298 e. The number of Topliss-reactive ketones (excluding diaryl/α,β-unsaturated/α-hetero) is 1. The molecule has 0 saturated carbocycles. The highest BCUT2D eigenvalue weighted by molar-refractivity contribution is 7.16. The van der Waals surface area contributed by atoms with E-state index < -0.39 is 11.7 Å². The number of benzene rings is 2. The number of amides is 1. The van der Waals surface area contributed by atoms with Crippen molar-refractivity contribution in [3.63, 3.8) is 0 Å². The third kappa shape index (κ3) is 4.15. The van der Waals surface area contributed by atoms with E-state index in [4.69, 9.17) is 9.47 Å². The van der Waals surface area contributed by atoms with Gasteiger partial charge in [-0.3, -0.25) is 14.9 Å². The highest BCUT2D eigenvalue weighted by Gasteiger charge is 2.19. The van der Waals surface area contributed by atoms with Crippen molar-refractivity contribution in [2.75, 3.05) is 19.5 Å². The molecule has 0 aliphatic rings. The number of hydrogen-bond donors (Lipinski definition) is 1. The molecule has 6 nitrogen and oxygen atoms in total. The first kappa shape index (κ1) is 18.6. The normalized spacial score (nSPS) is 10.3. The lowest BCUT2D eigenvalue weighted by Gasteiger charge is -2.03. The lowest BCUT2D eigenvalue weighted by atomic mass is 10.1. The number of aryl methyl sites for hydroxylation is 1. The molecule has 7 heteroatoms. The van der Waals surface area contributed by atoms with Crippen LogP contribution in [0.4, 0.5) is 5.13 Å². The zero-order valence-electron chi connectivity index (χ0n) is 15.1. The molecule has 0 atom stereocenters. The second kappa shape index (κ2) is 8.01. The number of nitrogens with zero attached hydrogens (tertiary/aromatic N) is 1. The van der Waals surface area contributed by atoms with Crippen LogP contribution in [-0.4, -0.2) is 30.9 Å². The van der Waals surface area contributed by atoms with E-state index in [0.717, 1.165) is 21.9 Å². The van der Waals surface area contributed by atoms with Gasteiger partial charge in [0.25, 0.3) is 11.7 Å². The monoisotopic (exact) mass is 382 g/mol. The number of nitrogens with one attached hydrogen (secondary N) is 1. The van der Waals surface area contributed by atoms with Gasteiger partial charge in [0.2, 0.25) is 0 Å². The molecule has 0 unspecified atom stereocenters. The minimum Gasteiger partial charge on any atom is -0.497 e. The zero-order valence-corrected chi connectivity index (χ0v) is 15.9. The van der Waals surface area contributed by atoms with Crippen LogP contribution in [-0.2, 0) is 4.79 Å². The first-order valence-electron chi connectivity index (χ1n) is 8.13. The highest BCUT2D eigenvalue weighted by Crippen LogP contribution is 2.31. The Kier molecular flexibility index (Phi) is 5.52. The van der Waals surface area contributed by atoms with Crippen LogP contribution in [0.25, 0.3) is 11.3 Å². The van der Waals surface area contributed by atoms with E-state index >= 15 is 0 Å². The summed E-state index contributed by atoms with van der Waals surface area (Å²) in [6.45, 7) is 1.91. The van der Waals surface area contributed by atoms with Crippen LogP contribution in [0, 0.1) is 6.92 Å². The summed E-state index contributed by atoms with van der Waals surface area (Å²) in [6, 6.07) is 13.9. The van der Waals surface area contributed by atoms with Gasteiger partial charge in [-0.2, -0.15) is 0 Å². The van der Waals surface area contributed by atoms with Crippen LogP contribution >= 0.6 is 11.3 Å². The van der Waals surface area contributed by atoms with Crippen molar-refractivity contribution in [2.45, 2.75) is 6.92 Å². The molecule has 0 saturated heterocycles. The first-order valence-corrected chi connectivity index (χ1v) is 8.95. The molecular formula is C20H18N2O4S. The zero-order chi connectivity index (χ0) is 19.4. The fourth-order valence-electron chi connectivity index (χ4n) is 2.49. The molecule has 3 aromatic rings. The number of carbonyl (C=O) groups excluding carboxylic acids is 2. The molecule has 1 heterocycles. The Labute approximate surface area is 160 Å². The molecule has 0 spiro atoms.